The predicted octanol–water partition coefficient (Wildman–Crippen LogP) is 0.553. The molecule has 9 nitrogen and oxygen atoms in total. The molecule has 0 unspecified atom stereocenters. The maximum atomic E-state index is 12.7. The van der Waals surface area contributed by atoms with E-state index in [0.717, 1.165) is 10.1 Å². The number of aryl methyl sites for hydroxylation is 2. The fourth-order valence-electron chi connectivity index (χ4n) is 2.83. The van der Waals surface area contributed by atoms with Crippen molar-refractivity contribution in [2.75, 3.05) is 12.4 Å². The number of hydrogen-bond donors (Lipinski definition) is 2. The van der Waals surface area contributed by atoms with E-state index < -0.39 is 17.2 Å². The second kappa shape index (κ2) is 7.10. The van der Waals surface area contributed by atoms with E-state index in [2.05, 4.69) is 15.6 Å². The second-order valence-corrected chi connectivity index (χ2v) is 6.36. The first kappa shape index (κ1) is 19.0. The van der Waals surface area contributed by atoms with E-state index >= 15 is 0 Å². The zero-order valence-electron chi connectivity index (χ0n) is 15.9. The van der Waals surface area contributed by atoms with E-state index in [4.69, 9.17) is 0 Å². The molecule has 0 atom stereocenters. The summed E-state index contributed by atoms with van der Waals surface area (Å²) < 4.78 is 2.21. The normalized spacial score (nSPS) is 10.7. The third-order valence-electron chi connectivity index (χ3n) is 4.53. The van der Waals surface area contributed by atoms with E-state index in [1.165, 1.54) is 38.0 Å². The number of nitrogens with one attached hydrogen (secondary N) is 2. The van der Waals surface area contributed by atoms with Crippen LogP contribution in [-0.2, 0) is 14.1 Å². The fraction of sp³-hybridized carbons (Fsp3) is 0.211. The van der Waals surface area contributed by atoms with E-state index in [1.54, 1.807) is 25.1 Å². The smallest absolute Gasteiger partial charge is 0.332 e. The van der Waals surface area contributed by atoms with E-state index in [-0.39, 0.29) is 22.5 Å². The molecule has 0 bridgehead atoms. The summed E-state index contributed by atoms with van der Waals surface area (Å²) in [5, 5.41) is 5.42. The molecule has 0 saturated carbocycles. The number of carbonyl (C=O) groups is 2. The molecule has 2 N–H and O–H groups in total. The summed E-state index contributed by atoms with van der Waals surface area (Å²) >= 11 is 0. The van der Waals surface area contributed by atoms with Crippen LogP contribution in [0.25, 0.3) is 11.0 Å². The van der Waals surface area contributed by atoms with Gasteiger partial charge in [0.05, 0.1) is 10.9 Å². The summed E-state index contributed by atoms with van der Waals surface area (Å²) in [4.78, 5) is 53.0. The Morgan fingerprint density at radius 3 is 2.39 bits per heavy atom. The van der Waals surface area contributed by atoms with Crippen LogP contribution in [0, 0.1) is 6.92 Å². The average Bonchev–Trinajstić information content (AvgIpc) is 2.71. The lowest BCUT2D eigenvalue weighted by molar-refractivity contribution is 0.0961. The maximum absolute atomic E-state index is 12.7. The van der Waals surface area contributed by atoms with Crippen LogP contribution in [0.5, 0.6) is 0 Å². The first-order valence-electron chi connectivity index (χ1n) is 8.44. The minimum absolute atomic E-state index is 0.160. The van der Waals surface area contributed by atoms with Crippen molar-refractivity contribution >= 4 is 28.5 Å². The molecule has 9 heteroatoms. The third-order valence-corrected chi connectivity index (χ3v) is 4.53. The molecule has 0 aliphatic carbocycles. The summed E-state index contributed by atoms with van der Waals surface area (Å²) in [6.07, 6.45) is 1.30. The highest BCUT2D eigenvalue weighted by Gasteiger charge is 2.15. The molecule has 0 spiro atoms. The van der Waals surface area contributed by atoms with Gasteiger partial charge in [-0.1, -0.05) is 6.07 Å². The number of carbonyl (C=O) groups excluding carboxylic acids is 2. The molecule has 2 aromatic heterocycles. The lowest BCUT2D eigenvalue weighted by Gasteiger charge is -2.11. The number of aromatic nitrogens is 3. The Morgan fingerprint density at radius 2 is 1.71 bits per heavy atom. The van der Waals surface area contributed by atoms with Crippen LogP contribution < -0.4 is 21.9 Å². The monoisotopic (exact) mass is 381 g/mol. The Hall–Kier alpha value is -3.75. The third kappa shape index (κ3) is 3.18. The summed E-state index contributed by atoms with van der Waals surface area (Å²) in [5.41, 5.74) is 0.980. The predicted molar refractivity (Wildman–Crippen MR) is 105 cm³/mol. The minimum atomic E-state index is -0.530. The Labute approximate surface area is 159 Å². The Bertz CT molecular complexity index is 1240. The molecule has 0 radical (unpaired) electrons. The molecule has 28 heavy (non-hydrogen) atoms. The van der Waals surface area contributed by atoms with E-state index in [0.29, 0.717) is 11.3 Å². The molecule has 0 saturated heterocycles. The molecular formula is C19H19N5O4. The average molecular weight is 381 g/mol. The highest BCUT2D eigenvalue weighted by molar-refractivity contribution is 6.06. The molecule has 1 aromatic carbocycles. The molecule has 3 aromatic rings. The van der Waals surface area contributed by atoms with Gasteiger partial charge in [0.1, 0.15) is 5.65 Å². The quantitative estimate of drug-likeness (QED) is 0.688. The van der Waals surface area contributed by atoms with Crippen molar-refractivity contribution in [3.63, 3.8) is 0 Å². The van der Waals surface area contributed by atoms with Gasteiger partial charge in [0.2, 0.25) is 0 Å². The largest absolute Gasteiger partial charge is 0.355 e. The van der Waals surface area contributed by atoms with Crippen LogP contribution in [0.3, 0.4) is 0 Å². The van der Waals surface area contributed by atoms with Gasteiger partial charge in [-0.2, -0.15) is 0 Å². The number of hydrogen-bond acceptors (Lipinski definition) is 5. The van der Waals surface area contributed by atoms with E-state index in [1.807, 2.05) is 0 Å². The highest BCUT2D eigenvalue weighted by atomic mass is 16.2. The molecule has 2 heterocycles. The van der Waals surface area contributed by atoms with E-state index in [9.17, 15) is 19.2 Å². The number of nitrogens with zero attached hydrogens (tertiary/aromatic N) is 3. The van der Waals surface area contributed by atoms with Gasteiger partial charge in [0.15, 0.2) is 0 Å². The van der Waals surface area contributed by atoms with Crippen molar-refractivity contribution < 1.29 is 9.59 Å². The van der Waals surface area contributed by atoms with Crippen LogP contribution in [0.1, 0.15) is 26.3 Å². The van der Waals surface area contributed by atoms with Gasteiger partial charge in [-0.3, -0.25) is 23.5 Å². The van der Waals surface area contributed by atoms with Gasteiger partial charge in [-0.15, -0.1) is 0 Å². The fourth-order valence-corrected chi connectivity index (χ4v) is 2.83. The van der Waals surface area contributed by atoms with Gasteiger partial charge in [0.25, 0.3) is 17.4 Å². The van der Waals surface area contributed by atoms with Crippen LogP contribution in [0.4, 0.5) is 5.69 Å². The zero-order chi connectivity index (χ0) is 20.6. The first-order valence-corrected chi connectivity index (χ1v) is 8.44. The molecule has 0 aliphatic heterocycles. The first-order chi connectivity index (χ1) is 13.2. The highest BCUT2D eigenvalue weighted by Crippen LogP contribution is 2.18. The van der Waals surface area contributed by atoms with Crippen LogP contribution in [-0.4, -0.2) is 33.0 Å². The summed E-state index contributed by atoms with van der Waals surface area (Å²) in [6, 6.07) is 6.36. The number of anilines is 1. The topological polar surface area (TPSA) is 115 Å². The Morgan fingerprint density at radius 1 is 1.00 bits per heavy atom. The summed E-state index contributed by atoms with van der Waals surface area (Å²) in [7, 11) is 4.39. The van der Waals surface area contributed by atoms with Gasteiger partial charge >= 0.3 is 5.69 Å². The molecule has 2 amide bonds. The van der Waals surface area contributed by atoms with Crippen molar-refractivity contribution in [1.29, 1.82) is 0 Å². The van der Waals surface area contributed by atoms with Gasteiger partial charge in [-0.25, -0.2) is 9.78 Å². The molecule has 144 valence electrons. The Kier molecular flexibility index (Phi) is 4.83. The van der Waals surface area contributed by atoms with Gasteiger partial charge in [0, 0.05) is 38.6 Å². The zero-order valence-corrected chi connectivity index (χ0v) is 15.9. The summed E-state index contributed by atoms with van der Waals surface area (Å²) in [6.45, 7) is 1.80. The van der Waals surface area contributed by atoms with Crippen molar-refractivity contribution in [1.82, 2.24) is 19.4 Å². The molecule has 0 aliphatic rings. The maximum Gasteiger partial charge on any atom is 0.332 e. The van der Waals surface area contributed by atoms with Crippen molar-refractivity contribution in [2.24, 2.45) is 14.1 Å². The standard InChI is InChI=1S/C19H19N5O4/c1-10-5-6-11(16(25)20-2)8-14(10)22-17(26)12-7-13-15(21-9-12)23(3)19(28)24(4)18(13)27/h5-9H,1-4H3,(H,20,25)(H,22,26). The number of amides is 2. The van der Waals surface area contributed by atoms with Crippen LogP contribution >= 0.6 is 0 Å². The number of benzene rings is 1. The van der Waals surface area contributed by atoms with Crippen LogP contribution in [0.2, 0.25) is 0 Å². The number of fused-ring (bicyclic) bond motifs is 1. The number of pyridine rings is 1. The number of rotatable bonds is 3. The Balaban J connectivity index is 2.02. The summed E-state index contributed by atoms with van der Waals surface area (Å²) in [5.74, 6) is -0.755. The van der Waals surface area contributed by atoms with Crippen molar-refractivity contribution in [3.05, 3.63) is 68.0 Å². The van der Waals surface area contributed by atoms with Gasteiger partial charge < -0.3 is 10.6 Å². The lowest BCUT2D eigenvalue weighted by Crippen LogP contribution is -2.37. The van der Waals surface area contributed by atoms with Gasteiger partial charge in [-0.05, 0) is 30.7 Å². The lowest BCUT2D eigenvalue weighted by atomic mass is 10.1. The van der Waals surface area contributed by atoms with Crippen molar-refractivity contribution in [2.45, 2.75) is 6.92 Å². The SMILES string of the molecule is CNC(=O)c1ccc(C)c(NC(=O)c2cnc3c(c2)c(=O)n(C)c(=O)n3C)c1. The molecule has 0 fully saturated rings. The van der Waals surface area contributed by atoms with Crippen molar-refractivity contribution in [3.8, 4) is 0 Å². The molecular weight excluding hydrogens is 362 g/mol. The minimum Gasteiger partial charge on any atom is -0.355 e. The van der Waals surface area contributed by atoms with Crippen LogP contribution in [0.15, 0.2) is 40.1 Å². The molecule has 3 rings (SSSR count). The second-order valence-electron chi connectivity index (χ2n) is 6.36.